The smallest absolute Gasteiger partial charge is 0.0617 e. The van der Waals surface area contributed by atoms with E-state index in [-0.39, 0.29) is 5.54 Å². The highest BCUT2D eigenvalue weighted by molar-refractivity contribution is 5.84. The number of hydrogen-bond donors (Lipinski definition) is 1. The summed E-state index contributed by atoms with van der Waals surface area (Å²) in [6, 6.07) is 10.6. The van der Waals surface area contributed by atoms with Gasteiger partial charge < -0.3 is 4.98 Å². The van der Waals surface area contributed by atoms with Crippen LogP contribution >= 0.6 is 0 Å². The van der Waals surface area contributed by atoms with Crippen molar-refractivity contribution in [3.63, 3.8) is 0 Å². The molecule has 0 saturated heterocycles. The molecular weight excluding hydrogens is 304 g/mol. The molecule has 130 valence electrons. The SMILES string of the molecule is Cc1c(C=NC23CC4CC(CC(C4)C2)C3)[nH]c(-c2ccccc2)c1C. The van der Waals surface area contributed by atoms with Gasteiger partial charge in [0, 0.05) is 11.9 Å². The molecule has 0 radical (unpaired) electrons. The van der Waals surface area contributed by atoms with Crippen molar-refractivity contribution >= 4 is 6.21 Å². The molecule has 1 aromatic carbocycles. The predicted molar refractivity (Wildman–Crippen MR) is 104 cm³/mol. The molecule has 0 atom stereocenters. The predicted octanol–water partition coefficient (Wildman–Crippen LogP) is 5.69. The molecule has 4 aliphatic carbocycles. The Hall–Kier alpha value is -1.83. The van der Waals surface area contributed by atoms with Gasteiger partial charge in [-0.15, -0.1) is 0 Å². The second-order valence-corrected chi connectivity index (χ2v) is 8.93. The second-order valence-electron chi connectivity index (χ2n) is 8.93. The van der Waals surface area contributed by atoms with Crippen LogP contribution in [0.3, 0.4) is 0 Å². The van der Waals surface area contributed by atoms with Crippen LogP contribution in [0.4, 0.5) is 0 Å². The first-order valence-electron chi connectivity index (χ1n) is 9.92. The van der Waals surface area contributed by atoms with Crippen molar-refractivity contribution in [3.05, 3.63) is 47.2 Å². The van der Waals surface area contributed by atoms with Gasteiger partial charge in [0.2, 0.25) is 0 Å². The fourth-order valence-electron chi connectivity index (χ4n) is 6.16. The number of aliphatic imine (C=N–C) groups is 1. The summed E-state index contributed by atoms with van der Waals surface area (Å²) in [7, 11) is 0. The molecular formula is C23H28N2. The lowest BCUT2D eigenvalue weighted by atomic mass is 9.53. The molecule has 4 aliphatic rings. The van der Waals surface area contributed by atoms with Crippen LogP contribution in [-0.4, -0.2) is 16.7 Å². The largest absolute Gasteiger partial charge is 0.353 e. The van der Waals surface area contributed by atoms with E-state index in [4.69, 9.17) is 4.99 Å². The van der Waals surface area contributed by atoms with Crippen LogP contribution in [0.25, 0.3) is 11.3 Å². The van der Waals surface area contributed by atoms with E-state index in [1.807, 2.05) is 0 Å². The molecule has 4 saturated carbocycles. The molecule has 2 nitrogen and oxygen atoms in total. The minimum Gasteiger partial charge on any atom is -0.353 e. The molecule has 1 N–H and O–H groups in total. The molecule has 1 aromatic heterocycles. The second kappa shape index (κ2) is 5.59. The van der Waals surface area contributed by atoms with Crippen molar-refractivity contribution in [2.24, 2.45) is 22.7 Å². The minimum atomic E-state index is 0.257. The molecule has 0 amide bonds. The molecule has 2 heteroatoms. The first-order valence-corrected chi connectivity index (χ1v) is 9.92. The van der Waals surface area contributed by atoms with Crippen LogP contribution in [0.2, 0.25) is 0 Å². The summed E-state index contributed by atoms with van der Waals surface area (Å²) in [6.07, 6.45) is 10.6. The van der Waals surface area contributed by atoms with E-state index in [1.165, 1.54) is 66.6 Å². The maximum atomic E-state index is 5.24. The van der Waals surface area contributed by atoms with Crippen LogP contribution in [0.5, 0.6) is 0 Å². The van der Waals surface area contributed by atoms with Crippen LogP contribution in [0.15, 0.2) is 35.3 Å². The van der Waals surface area contributed by atoms with Gasteiger partial charge in [-0.05, 0) is 86.8 Å². The number of nitrogens with one attached hydrogen (secondary N) is 1. The van der Waals surface area contributed by atoms with Crippen LogP contribution in [-0.2, 0) is 0 Å². The fraction of sp³-hybridized carbons (Fsp3) is 0.522. The van der Waals surface area contributed by atoms with Crippen LogP contribution in [0.1, 0.15) is 55.3 Å². The van der Waals surface area contributed by atoms with E-state index in [2.05, 4.69) is 55.4 Å². The van der Waals surface area contributed by atoms with Gasteiger partial charge in [-0.3, -0.25) is 4.99 Å². The van der Waals surface area contributed by atoms with Crippen molar-refractivity contribution in [1.29, 1.82) is 0 Å². The molecule has 6 rings (SSSR count). The van der Waals surface area contributed by atoms with Gasteiger partial charge in [-0.1, -0.05) is 30.3 Å². The van der Waals surface area contributed by atoms with Crippen molar-refractivity contribution < 1.29 is 0 Å². The Kier molecular flexibility index (Phi) is 3.45. The highest BCUT2D eigenvalue weighted by Crippen LogP contribution is 2.57. The first-order chi connectivity index (χ1) is 12.1. The van der Waals surface area contributed by atoms with Crippen molar-refractivity contribution in [2.75, 3.05) is 0 Å². The number of aromatic amines is 1. The highest BCUT2D eigenvalue weighted by Gasteiger charge is 2.50. The summed E-state index contributed by atoms with van der Waals surface area (Å²) in [5.41, 5.74) is 6.65. The summed E-state index contributed by atoms with van der Waals surface area (Å²) < 4.78 is 0. The number of H-pyrrole nitrogens is 1. The molecule has 0 spiro atoms. The van der Waals surface area contributed by atoms with E-state index in [1.54, 1.807) is 0 Å². The zero-order valence-electron chi connectivity index (χ0n) is 15.4. The molecule has 4 bridgehead atoms. The standard InChI is InChI=1S/C23H28N2/c1-15-16(2)22(20-6-4-3-5-7-20)25-21(15)14-24-23-11-17-8-18(12-23)10-19(9-17)13-23/h3-7,14,17-19,25H,8-13H2,1-2H3. The van der Waals surface area contributed by atoms with Crippen LogP contribution < -0.4 is 0 Å². The Morgan fingerprint density at radius 3 is 2.12 bits per heavy atom. The fourth-order valence-corrected chi connectivity index (χ4v) is 6.16. The van der Waals surface area contributed by atoms with Gasteiger partial charge in [0.15, 0.2) is 0 Å². The molecule has 1 heterocycles. The lowest BCUT2D eigenvalue weighted by Crippen LogP contribution is -2.49. The average Bonchev–Trinajstić information content (AvgIpc) is 2.88. The number of nitrogens with zero attached hydrogens (tertiary/aromatic N) is 1. The molecule has 25 heavy (non-hydrogen) atoms. The highest BCUT2D eigenvalue weighted by atomic mass is 14.9. The zero-order valence-corrected chi connectivity index (χ0v) is 15.4. The van der Waals surface area contributed by atoms with E-state index in [9.17, 15) is 0 Å². The van der Waals surface area contributed by atoms with Crippen molar-refractivity contribution in [1.82, 2.24) is 4.98 Å². The Bertz CT molecular complexity index is 777. The Morgan fingerprint density at radius 2 is 1.52 bits per heavy atom. The van der Waals surface area contributed by atoms with Crippen molar-refractivity contribution in [2.45, 2.75) is 57.9 Å². The monoisotopic (exact) mass is 332 g/mol. The maximum Gasteiger partial charge on any atom is 0.0617 e. The molecule has 4 fully saturated rings. The summed E-state index contributed by atoms with van der Waals surface area (Å²) >= 11 is 0. The van der Waals surface area contributed by atoms with E-state index >= 15 is 0 Å². The third kappa shape index (κ3) is 2.58. The summed E-state index contributed by atoms with van der Waals surface area (Å²) in [5.74, 6) is 2.86. The van der Waals surface area contributed by atoms with Gasteiger partial charge in [0.05, 0.1) is 11.2 Å². The number of rotatable bonds is 3. The van der Waals surface area contributed by atoms with Crippen LogP contribution in [0, 0.1) is 31.6 Å². The number of benzene rings is 1. The Morgan fingerprint density at radius 1 is 0.920 bits per heavy atom. The first kappa shape index (κ1) is 15.4. The Labute approximate surface area is 150 Å². The topological polar surface area (TPSA) is 28.1 Å². The zero-order chi connectivity index (χ0) is 17.0. The minimum absolute atomic E-state index is 0.257. The summed E-state index contributed by atoms with van der Waals surface area (Å²) in [5, 5.41) is 0. The maximum absolute atomic E-state index is 5.24. The van der Waals surface area contributed by atoms with E-state index < -0.39 is 0 Å². The normalized spacial score (nSPS) is 33.4. The lowest BCUT2D eigenvalue weighted by molar-refractivity contribution is 0.00194. The van der Waals surface area contributed by atoms with Crippen molar-refractivity contribution in [3.8, 4) is 11.3 Å². The van der Waals surface area contributed by atoms with Gasteiger partial charge >= 0.3 is 0 Å². The number of aromatic nitrogens is 1. The van der Waals surface area contributed by atoms with E-state index in [0.29, 0.717) is 0 Å². The number of hydrogen-bond acceptors (Lipinski definition) is 1. The quantitative estimate of drug-likeness (QED) is 0.700. The lowest BCUT2D eigenvalue weighted by Gasteiger charge is -2.54. The van der Waals surface area contributed by atoms with Gasteiger partial charge in [0.25, 0.3) is 0 Å². The van der Waals surface area contributed by atoms with Gasteiger partial charge in [-0.2, -0.15) is 0 Å². The van der Waals surface area contributed by atoms with E-state index in [0.717, 1.165) is 17.8 Å². The Balaban J connectivity index is 1.46. The molecule has 2 aromatic rings. The molecule has 0 aliphatic heterocycles. The van der Waals surface area contributed by atoms with Gasteiger partial charge in [-0.25, -0.2) is 0 Å². The third-order valence-electron chi connectivity index (χ3n) is 7.14. The van der Waals surface area contributed by atoms with Gasteiger partial charge in [0.1, 0.15) is 0 Å². The third-order valence-corrected chi connectivity index (χ3v) is 7.14. The molecule has 0 unspecified atom stereocenters. The summed E-state index contributed by atoms with van der Waals surface area (Å²) in [4.78, 5) is 8.89. The average molecular weight is 332 g/mol. The summed E-state index contributed by atoms with van der Waals surface area (Å²) in [6.45, 7) is 4.44.